The zero-order valence-electron chi connectivity index (χ0n) is 15.3. The summed E-state index contributed by atoms with van der Waals surface area (Å²) in [5.41, 5.74) is -0.292. The first-order chi connectivity index (χ1) is 13.8. The summed E-state index contributed by atoms with van der Waals surface area (Å²) in [5.74, 6) is 0.233. The Kier molecular flexibility index (Phi) is 6.20. The van der Waals surface area contributed by atoms with E-state index >= 15 is 0 Å². The van der Waals surface area contributed by atoms with E-state index in [0.29, 0.717) is 11.4 Å². The average molecular weight is 408 g/mol. The number of fused-ring (bicyclic) bond motifs is 1. The molecule has 0 aliphatic carbocycles. The molecule has 154 valence electrons. The van der Waals surface area contributed by atoms with Gasteiger partial charge in [-0.05, 0) is 24.3 Å². The van der Waals surface area contributed by atoms with Crippen LogP contribution >= 0.6 is 0 Å². The van der Waals surface area contributed by atoms with Crippen molar-refractivity contribution in [2.75, 3.05) is 36.5 Å². The van der Waals surface area contributed by atoms with Gasteiger partial charge in [0.1, 0.15) is 18.1 Å². The van der Waals surface area contributed by atoms with E-state index in [2.05, 4.69) is 15.6 Å². The first kappa shape index (κ1) is 20.4. The third-order valence-electron chi connectivity index (χ3n) is 4.18. The predicted octanol–water partition coefficient (Wildman–Crippen LogP) is 2.44. The van der Waals surface area contributed by atoms with Crippen molar-refractivity contribution in [1.82, 2.24) is 10.3 Å². The lowest BCUT2D eigenvalue weighted by Gasteiger charge is -2.21. The normalized spacial score (nSPS) is 13.9. The molecular formula is C19H19F3N4O3. The van der Waals surface area contributed by atoms with Gasteiger partial charge in [0, 0.05) is 19.3 Å². The summed E-state index contributed by atoms with van der Waals surface area (Å²) in [4.78, 5) is 29.6. The minimum absolute atomic E-state index is 0.155. The number of pyridine rings is 1. The molecule has 10 heteroatoms. The Balaban J connectivity index is 1.48. The van der Waals surface area contributed by atoms with Gasteiger partial charge in [-0.3, -0.25) is 14.5 Å². The number of rotatable bonds is 6. The van der Waals surface area contributed by atoms with Crippen LogP contribution in [-0.2, 0) is 15.8 Å². The standard InChI is InChI=1S/C19H19F3N4O3/c20-19(21,22)13-5-6-16(25-11-13)23-8-9-24-17(27)12-26-14-3-1-2-4-15(14)29-10-7-18(26)28/h1-6,11H,7-10,12H2,(H,23,25)(H,24,27). The number of ether oxygens (including phenoxy) is 1. The van der Waals surface area contributed by atoms with Gasteiger partial charge in [-0.15, -0.1) is 0 Å². The Morgan fingerprint density at radius 2 is 1.97 bits per heavy atom. The molecule has 2 amide bonds. The molecule has 1 aliphatic rings. The van der Waals surface area contributed by atoms with Gasteiger partial charge in [0.25, 0.3) is 0 Å². The van der Waals surface area contributed by atoms with Crippen molar-refractivity contribution >= 4 is 23.3 Å². The van der Waals surface area contributed by atoms with Crippen LogP contribution in [0.1, 0.15) is 12.0 Å². The molecule has 7 nitrogen and oxygen atoms in total. The van der Waals surface area contributed by atoms with Gasteiger partial charge in [-0.1, -0.05) is 12.1 Å². The lowest BCUT2D eigenvalue weighted by Crippen LogP contribution is -2.41. The Morgan fingerprint density at radius 1 is 1.17 bits per heavy atom. The Hall–Kier alpha value is -3.30. The summed E-state index contributed by atoms with van der Waals surface area (Å²) in [6, 6.07) is 9.14. The molecule has 0 bridgehead atoms. The van der Waals surface area contributed by atoms with Crippen LogP contribution in [0.25, 0.3) is 0 Å². The zero-order chi connectivity index (χ0) is 20.9. The maximum absolute atomic E-state index is 12.5. The SMILES string of the molecule is O=C(CN1C(=O)CCOc2ccccc21)NCCNc1ccc(C(F)(F)F)cn1. The number of hydrogen-bond donors (Lipinski definition) is 2. The van der Waals surface area contributed by atoms with Crippen LogP contribution in [0, 0.1) is 0 Å². The molecule has 0 saturated carbocycles. The highest BCUT2D eigenvalue weighted by Crippen LogP contribution is 2.31. The predicted molar refractivity (Wildman–Crippen MR) is 99.6 cm³/mol. The Morgan fingerprint density at radius 3 is 2.69 bits per heavy atom. The fourth-order valence-corrected chi connectivity index (χ4v) is 2.75. The summed E-state index contributed by atoms with van der Waals surface area (Å²) >= 11 is 0. The van der Waals surface area contributed by atoms with Gasteiger partial charge in [-0.25, -0.2) is 4.98 Å². The third kappa shape index (κ3) is 5.37. The summed E-state index contributed by atoms with van der Waals surface area (Å²) in [7, 11) is 0. The second-order valence-corrected chi connectivity index (χ2v) is 6.25. The third-order valence-corrected chi connectivity index (χ3v) is 4.18. The number of hydrogen-bond acceptors (Lipinski definition) is 5. The van der Waals surface area contributed by atoms with Gasteiger partial charge in [-0.2, -0.15) is 13.2 Å². The fraction of sp³-hybridized carbons (Fsp3) is 0.316. The minimum Gasteiger partial charge on any atom is -0.491 e. The monoisotopic (exact) mass is 408 g/mol. The van der Waals surface area contributed by atoms with E-state index in [1.807, 2.05) is 0 Å². The maximum Gasteiger partial charge on any atom is 0.417 e. The van der Waals surface area contributed by atoms with Crippen LogP contribution in [0.5, 0.6) is 5.75 Å². The lowest BCUT2D eigenvalue weighted by atomic mass is 10.2. The molecule has 0 radical (unpaired) electrons. The van der Waals surface area contributed by atoms with Crippen molar-refractivity contribution in [3.05, 3.63) is 48.2 Å². The van der Waals surface area contributed by atoms with Crippen LogP contribution in [0.4, 0.5) is 24.7 Å². The van der Waals surface area contributed by atoms with Gasteiger partial charge in [0.15, 0.2) is 0 Å². The molecule has 0 saturated heterocycles. The van der Waals surface area contributed by atoms with Crippen molar-refractivity contribution in [3.8, 4) is 5.75 Å². The van der Waals surface area contributed by atoms with Crippen LogP contribution in [0.2, 0.25) is 0 Å². The highest BCUT2D eigenvalue weighted by atomic mass is 19.4. The number of para-hydroxylation sites is 2. The number of carbonyl (C=O) groups excluding carboxylic acids is 2. The number of anilines is 2. The van der Waals surface area contributed by atoms with Gasteiger partial charge < -0.3 is 15.4 Å². The number of benzene rings is 1. The summed E-state index contributed by atoms with van der Waals surface area (Å²) < 4.78 is 43.1. The molecule has 0 fully saturated rings. The number of alkyl halides is 3. The summed E-state index contributed by atoms with van der Waals surface area (Å²) in [5, 5.41) is 5.49. The van der Waals surface area contributed by atoms with Crippen LogP contribution < -0.4 is 20.3 Å². The molecule has 2 N–H and O–H groups in total. The van der Waals surface area contributed by atoms with E-state index in [1.54, 1.807) is 24.3 Å². The molecule has 0 atom stereocenters. The number of amides is 2. The number of halogens is 3. The van der Waals surface area contributed by atoms with Crippen LogP contribution in [0.3, 0.4) is 0 Å². The molecule has 1 aliphatic heterocycles. The molecular weight excluding hydrogens is 389 g/mol. The Labute approximate surface area is 164 Å². The van der Waals surface area contributed by atoms with E-state index in [9.17, 15) is 22.8 Å². The van der Waals surface area contributed by atoms with Crippen LogP contribution in [-0.4, -0.2) is 43.0 Å². The molecule has 1 aromatic carbocycles. The van der Waals surface area contributed by atoms with E-state index in [1.165, 1.54) is 11.0 Å². The summed E-state index contributed by atoms with van der Waals surface area (Å²) in [6.45, 7) is 0.565. The number of nitrogens with zero attached hydrogens (tertiary/aromatic N) is 2. The molecule has 0 unspecified atom stereocenters. The highest BCUT2D eigenvalue weighted by molar-refractivity contribution is 6.00. The average Bonchev–Trinajstić information content (AvgIpc) is 2.84. The van der Waals surface area contributed by atoms with Gasteiger partial charge >= 0.3 is 6.18 Å². The smallest absolute Gasteiger partial charge is 0.417 e. The van der Waals surface area contributed by atoms with Crippen molar-refractivity contribution in [2.45, 2.75) is 12.6 Å². The van der Waals surface area contributed by atoms with Gasteiger partial charge in [0.05, 0.1) is 24.3 Å². The molecule has 0 spiro atoms. The van der Waals surface area contributed by atoms with Crippen molar-refractivity contribution in [2.24, 2.45) is 0 Å². The second kappa shape index (κ2) is 8.80. The molecule has 3 rings (SSSR count). The van der Waals surface area contributed by atoms with E-state index in [-0.39, 0.29) is 50.3 Å². The zero-order valence-corrected chi connectivity index (χ0v) is 15.3. The largest absolute Gasteiger partial charge is 0.491 e. The first-order valence-electron chi connectivity index (χ1n) is 8.90. The quantitative estimate of drug-likeness (QED) is 0.718. The Bertz CT molecular complexity index is 872. The second-order valence-electron chi connectivity index (χ2n) is 6.25. The molecule has 2 aromatic rings. The summed E-state index contributed by atoms with van der Waals surface area (Å²) in [6.07, 6.45) is -3.53. The molecule has 29 heavy (non-hydrogen) atoms. The van der Waals surface area contributed by atoms with Crippen molar-refractivity contribution in [1.29, 1.82) is 0 Å². The van der Waals surface area contributed by atoms with Crippen LogP contribution in [0.15, 0.2) is 42.6 Å². The first-order valence-corrected chi connectivity index (χ1v) is 8.90. The maximum atomic E-state index is 12.5. The number of aromatic nitrogens is 1. The number of nitrogens with one attached hydrogen (secondary N) is 2. The number of carbonyl (C=O) groups is 2. The fourth-order valence-electron chi connectivity index (χ4n) is 2.75. The van der Waals surface area contributed by atoms with E-state index in [4.69, 9.17) is 4.74 Å². The van der Waals surface area contributed by atoms with E-state index < -0.39 is 11.7 Å². The molecule has 1 aromatic heterocycles. The lowest BCUT2D eigenvalue weighted by molar-refractivity contribution is -0.137. The van der Waals surface area contributed by atoms with Crippen molar-refractivity contribution in [3.63, 3.8) is 0 Å². The van der Waals surface area contributed by atoms with E-state index in [0.717, 1.165) is 12.3 Å². The molecule has 2 heterocycles. The topological polar surface area (TPSA) is 83.6 Å². The van der Waals surface area contributed by atoms with Crippen molar-refractivity contribution < 1.29 is 27.5 Å². The minimum atomic E-state index is -4.44. The highest BCUT2D eigenvalue weighted by Gasteiger charge is 2.30. The van der Waals surface area contributed by atoms with Gasteiger partial charge in [0.2, 0.25) is 11.8 Å².